The maximum Gasteiger partial charge on any atom is 0.419 e. The lowest BCUT2D eigenvalue weighted by atomic mass is 9.45. The van der Waals surface area contributed by atoms with Gasteiger partial charge < -0.3 is 9.47 Å². The van der Waals surface area contributed by atoms with E-state index in [-0.39, 0.29) is 11.0 Å². The fourth-order valence-electron chi connectivity index (χ4n) is 6.85. The third-order valence-corrected chi connectivity index (χ3v) is 8.95. The Hall–Kier alpha value is -1.81. The van der Waals surface area contributed by atoms with Crippen molar-refractivity contribution in [2.75, 3.05) is 12.4 Å². The second-order valence-corrected chi connectivity index (χ2v) is 12.1. The van der Waals surface area contributed by atoms with Crippen molar-refractivity contribution in [3.8, 4) is 5.75 Å². The Morgan fingerprint density at radius 1 is 1.12 bits per heavy atom. The Bertz CT molecular complexity index is 1020. The highest BCUT2D eigenvalue weighted by Gasteiger charge is 2.59. The first kappa shape index (κ1) is 25.3. The largest absolute Gasteiger partial charge is 0.486 e. The van der Waals surface area contributed by atoms with Crippen molar-refractivity contribution in [3.05, 3.63) is 29.3 Å². The Morgan fingerprint density at radius 3 is 2.15 bits per heavy atom. The van der Waals surface area contributed by atoms with Crippen LogP contribution in [0.5, 0.6) is 5.75 Å². The molecule has 4 aliphatic carbocycles. The summed E-state index contributed by atoms with van der Waals surface area (Å²) in [6.07, 6.45) is 2.26. The zero-order valence-corrected chi connectivity index (χ0v) is 20.2. The Kier molecular flexibility index (Phi) is 6.46. The maximum atomic E-state index is 13.9. The van der Waals surface area contributed by atoms with Crippen LogP contribution in [0.1, 0.15) is 74.7 Å². The Morgan fingerprint density at radius 2 is 1.68 bits per heavy atom. The van der Waals surface area contributed by atoms with Gasteiger partial charge >= 0.3 is 12.1 Å². The normalized spacial score (nSPS) is 30.1. The summed E-state index contributed by atoms with van der Waals surface area (Å²) in [5.74, 6) is -0.444. The van der Waals surface area contributed by atoms with Crippen LogP contribution < -0.4 is 4.74 Å². The summed E-state index contributed by atoms with van der Waals surface area (Å²) < 4.78 is 83.1. The van der Waals surface area contributed by atoms with Crippen molar-refractivity contribution in [1.82, 2.24) is 0 Å². The van der Waals surface area contributed by atoms with E-state index in [0.29, 0.717) is 24.2 Å². The number of benzene rings is 1. The summed E-state index contributed by atoms with van der Waals surface area (Å²) in [7, 11) is -4.34. The minimum Gasteiger partial charge on any atom is -0.486 e. The first-order valence-corrected chi connectivity index (χ1v) is 13.4. The third kappa shape index (κ3) is 4.94. The van der Waals surface area contributed by atoms with Gasteiger partial charge in [-0.15, -0.1) is 0 Å². The van der Waals surface area contributed by atoms with Crippen molar-refractivity contribution in [1.29, 1.82) is 0 Å². The first-order chi connectivity index (χ1) is 15.7. The minimum atomic E-state index is -4.68. The van der Waals surface area contributed by atoms with Crippen LogP contribution >= 0.6 is 0 Å². The Balaban J connectivity index is 1.63. The van der Waals surface area contributed by atoms with Gasteiger partial charge in [0.05, 0.1) is 11.1 Å². The molecule has 34 heavy (non-hydrogen) atoms. The number of carbonyl (C=O) groups is 1. The number of halogens is 3. The van der Waals surface area contributed by atoms with E-state index in [2.05, 4.69) is 0 Å². The summed E-state index contributed by atoms with van der Waals surface area (Å²) in [6.45, 7) is 3.21. The average Bonchev–Trinajstić information content (AvgIpc) is 2.70. The highest BCUT2D eigenvalue weighted by Crippen LogP contribution is 2.65. The van der Waals surface area contributed by atoms with Gasteiger partial charge in [-0.1, -0.05) is 6.92 Å². The second-order valence-electron chi connectivity index (χ2n) is 10.5. The molecule has 10 heteroatoms. The molecule has 0 aromatic heterocycles. The standard InChI is InChI=1S/C24H31F3O6S/c1-3-22(2,23-12-15-8-16(13-23)10-17(9-15)14-23)33-20-11-18(4-5-19(20)24(25,26)27)21(28)32-6-7-34(29,30)31/h4-5,11,15-17H,3,6-10,12-14H2,1-2H3,(H,29,30,31). The zero-order valence-electron chi connectivity index (χ0n) is 19.4. The molecule has 0 saturated heterocycles. The summed E-state index contributed by atoms with van der Waals surface area (Å²) in [6, 6.07) is 2.82. The highest BCUT2D eigenvalue weighted by atomic mass is 32.2. The molecule has 0 radical (unpaired) electrons. The van der Waals surface area contributed by atoms with Crippen LogP contribution in [-0.4, -0.2) is 36.9 Å². The molecule has 1 aromatic carbocycles. The van der Waals surface area contributed by atoms with Crippen molar-refractivity contribution < 1.29 is 40.4 Å². The van der Waals surface area contributed by atoms with Crippen LogP contribution in [0, 0.1) is 23.2 Å². The van der Waals surface area contributed by atoms with Crippen molar-refractivity contribution >= 4 is 16.1 Å². The van der Waals surface area contributed by atoms with Gasteiger partial charge in [-0.25, -0.2) is 4.79 Å². The summed E-state index contributed by atoms with van der Waals surface area (Å²) in [5, 5.41) is 0. The fraction of sp³-hybridized carbons (Fsp3) is 0.708. The molecule has 1 aromatic rings. The van der Waals surface area contributed by atoms with Gasteiger partial charge in [0.2, 0.25) is 0 Å². The topological polar surface area (TPSA) is 89.9 Å². The predicted octanol–water partition coefficient (Wildman–Crippen LogP) is 5.51. The smallest absolute Gasteiger partial charge is 0.419 e. The second kappa shape index (κ2) is 8.69. The number of ether oxygens (including phenoxy) is 2. The van der Waals surface area contributed by atoms with Gasteiger partial charge in [0, 0.05) is 5.41 Å². The van der Waals surface area contributed by atoms with Gasteiger partial charge in [-0.3, -0.25) is 4.55 Å². The van der Waals surface area contributed by atoms with Crippen LogP contribution in [-0.2, 0) is 21.0 Å². The fourth-order valence-corrected chi connectivity index (χ4v) is 7.14. The van der Waals surface area contributed by atoms with Crippen LogP contribution in [0.15, 0.2) is 18.2 Å². The van der Waals surface area contributed by atoms with Crippen molar-refractivity contribution in [2.45, 2.75) is 70.6 Å². The number of hydrogen-bond donors (Lipinski definition) is 1. The molecular weight excluding hydrogens is 473 g/mol. The molecule has 4 bridgehead atoms. The molecule has 0 amide bonds. The van der Waals surface area contributed by atoms with E-state index in [4.69, 9.17) is 14.0 Å². The lowest BCUT2D eigenvalue weighted by Crippen LogP contribution is -2.59. The molecule has 5 rings (SSSR count). The van der Waals surface area contributed by atoms with Crippen LogP contribution in [0.2, 0.25) is 0 Å². The van der Waals surface area contributed by atoms with E-state index in [1.54, 1.807) is 0 Å². The lowest BCUT2D eigenvalue weighted by Gasteiger charge is -2.62. The first-order valence-electron chi connectivity index (χ1n) is 11.8. The third-order valence-electron chi connectivity index (χ3n) is 8.27. The molecular formula is C24H31F3O6S. The quantitative estimate of drug-likeness (QED) is 0.371. The molecule has 1 atom stereocenters. The summed E-state index contributed by atoms with van der Waals surface area (Å²) in [4.78, 5) is 12.4. The molecule has 4 saturated carbocycles. The molecule has 4 aliphatic rings. The zero-order chi connectivity index (χ0) is 24.9. The molecule has 1 N–H and O–H groups in total. The highest BCUT2D eigenvalue weighted by molar-refractivity contribution is 7.85. The molecule has 190 valence electrons. The van der Waals surface area contributed by atoms with Crippen LogP contribution in [0.25, 0.3) is 0 Å². The van der Waals surface area contributed by atoms with E-state index in [1.807, 2.05) is 13.8 Å². The van der Waals surface area contributed by atoms with Crippen LogP contribution in [0.4, 0.5) is 13.2 Å². The predicted molar refractivity (Wildman–Crippen MR) is 118 cm³/mol. The SMILES string of the molecule is CCC(C)(Oc1cc(C(=O)OCCS(=O)(=O)O)ccc1C(F)(F)F)C12CC3CC(CC(C3)C1)C2. The van der Waals surface area contributed by atoms with Gasteiger partial charge in [-0.2, -0.15) is 21.6 Å². The van der Waals surface area contributed by atoms with E-state index in [0.717, 1.165) is 37.5 Å². The lowest BCUT2D eigenvalue weighted by molar-refractivity contribution is -0.166. The Labute approximate surface area is 197 Å². The van der Waals surface area contributed by atoms with Gasteiger partial charge in [0.1, 0.15) is 23.7 Å². The molecule has 6 nitrogen and oxygen atoms in total. The number of alkyl halides is 3. The molecule has 1 unspecified atom stereocenters. The van der Waals surface area contributed by atoms with E-state index in [9.17, 15) is 26.4 Å². The summed E-state index contributed by atoms with van der Waals surface area (Å²) >= 11 is 0. The minimum absolute atomic E-state index is 0.178. The van der Waals surface area contributed by atoms with E-state index >= 15 is 0 Å². The monoisotopic (exact) mass is 504 g/mol. The maximum absolute atomic E-state index is 13.9. The van der Waals surface area contributed by atoms with Gasteiger partial charge in [0.15, 0.2) is 0 Å². The van der Waals surface area contributed by atoms with Gasteiger partial charge in [-0.05, 0) is 87.8 Å². The van der Waals surface area contributed by atoms with Crippen molar-refractivity contribution in [3.63, 3.8) is 0 Å². The van der Waals surface area contributed by atoms with E-state index < -0.39 is 51.5 Å². The molecule has 4 fully saturated rings. The molecule has 0 spiro atoms. The van der Waals surface area contributed by atoms with Crippen molar-refractivity contribution in [2.24, 2.45) is 23.2 Å². The molecule has 0 heterocycles. The summed E-state index contributed by atoms with van der Waals surface area (Å²) in [5.41, 5.74) is -2.18. The number of rotatable bonds is 8. The number of hydrogen-bond acceptors (Lipinski definition) is 5. The number of carbonyl (C=O) groups excluding carboxylic acids is 1. The van der Waals surface area contributed by atoms with E-state index in [1.165, 1.54) is 19.3 Å². The van der Waals surface area contributed by atoms with Crippen LogP contribution in [0.3, 0.4) is 0 Å². The van der Waals surface area contributed by atoms with Gasteiger partial charge in [0.25, 0.3) is 10.1 Å². The number of esters is 1. The average molecular weight is 505 g/mol. The molecule has 0 aliphatic heterocycles.